The Morgan fingerprint density at radius 1 is 0.429 bits per heavy atom. The molecule has 0 amide bonds. The predicted octanol–water partition coefficient (Wildman–Crippen LogP) is 5.99. The van der Waals surface area contributed by atoms with Crippen LogP contribution in [0.15, 0.2) is 97.1 Å². The van der Waals surface area contributed by atoms with E-state index in [4.69, 9.17) is 18.9 Å². The number of para-hydroxylation sites is 4. The van der Waals surface area contributed by atoms with Crippen molar-refractivity contribution >= 4 is 5.78 Å². The second kappa shape index (κ2) is 11.9. The number of carbonyl (C=O) groups excluding carboxylic acids is 1. The van der Waals surface area contributed by atoms with Crippen LogP contribution in [-0.2, 0) is 4.79 Å². The molecular weight excluding hydrogens is 528 g/mol. The Morgan fingerprint density at radius 3 is 0.905 bits per heavy atom. The molecule has 0 saturated carbocycles. The summed E-state index contributed by atoms with van der Waals surface area (Å²) in [4.78, 5) is 15.1. The second-order valence-electron chi connectivity index (χ2n) is 10.7. The molecule has 7 nitrogen and oxygen atoms in total. The molecule has 42 heavy (non-hydrogen) atoms. The molecule has 2 saturated heterocycles. The van der Waals surface area contributed by atoms with Gasteiger partial charge in [0.2, 0.25) is 0 Å². The van der Waals surface area contributed by atoms with Crippen molar-refractivity contribution in [2.45, 2.75) is 24.2 Å². The largest absolute Gasteiger partial charge is 0.496 e. The second-order valence-corrected chi connectivity index (χ2v) is 10.7. The zero-order valence-electron chi connectivity index (χ0n) is 24.2. The summed E-state index contributed by atoms with van der Waals surface area (Å²) in [5.74, 6) is 2.15. The van der Waals surface area contributed by atoms with E-state index in [0.717, 1.165) is 45.3 Å². The zero-order chi connectivity index (χ0) is 29.2. The molecule has 4 aromatic carbocycles. The van der Waals surface area contributed by atoms with E-state index in [1.165, 1.54) is 0 Å². The summed E-state index contributed by atoms with van der Waals surface area (Å²) in [5, 5.41) is 7.88. The van der Waals surface area contributed by atoms with Gasteiger partial charge >= 0.3 is 0 Å². The fraction of sp³-hybridized carbons (Fsp3) is 0.286. The topological polar surface area (TPSA) is 78.1 Å². The summed E-state index contributed by atoms with van der Waals surface area (Å²) in [5.41, 5.74) is 3.70. The number of Topliss-reactive ketones (excluding diaryl/α,β-unsaturated/α-hetero) is 1. The first-order valence-corrected chi connectivity index (χ1v) is 14.2. The van der Waals surface area contributed by atoms with Crippen molar-refractivity contribution < 1.29 is 23.7 Å². The summed E-state index contributed by atoms with van der Waals surface area (Å²) < 4.78 is 23.3. The van der Waals surface area contributed by atoms with E-state index in [-0.39, 0.29) is 30.0 Å². The average Bonchev–Trinajstić information content (AvgIpc) is 3.05. The summed E-state index contributed by atoms with van der Waals surface area (Å²) in [6.45, 7) is 0. The van der Waals surface area contributed by atoms with Crippen LogP contribution in [-0.4, -0.2) is 34.2 Å². The Morgan fingerprint density at radius 2 is 0.667 bits per heavy atom. The molecule has 4 unspecified atom stereocenters. The lowest BCUT2D eigenvalue weighted by molar-refractivity contribution is -0.139. The molecule has 6 rings (SSSR count). The summed E-state index contributed by atoms with van der Waals surface area (Å²) >= 11 is 0. The number of rotatable bonds is 8. The first-order valence-electron chi connectivity index (χ1n) is 14.2. The number of methoxy groups -OCH3 is 4. The maximum atomic E-state index is 15.1. The Balaban J connectivity index is 1.59. The van der Waals surface area contributed by atoms with E-state index in [1.807, 2.05) is 97.1 Å². The third-order valence-corrected chi connectivity index (χ3v) is 8.71. The molecule has 2 heterocycles. The molecule has 2 N–H and O–H groups in total. The Kier molecular flexibility index (Phi) is 7.87. The number of hydrogen-bond acceptors (Lipinski definition) is 7. The van der Waals surface area contributed by atoms with Crippen LogP contribution in [0.4, 0.5) is 0 Å². The monoisotopic (exact) mass is 564 g/mol. The van der Waals surface area contributed by atoms with Crippen LogP contribution in [0.1, 0.15) is 46.4 Å². The molecular formula is C35H36N2O5. The molecule has 216 valence electrons. The SMILES string of the molecule is COc1ccccc1C1NC(c2ccccc2OC)C2C(=O)C1C(c1ccccc1OC)NC2c1ccccc1OC. The fourth-order valence-electron chi connectivity index (χ4n) is 6.89. The van der Waals surface area contributed by atoms with Crippen LogP contribution in [0.3, 0.4) is 0 Å². The molecule has 2 fully saturated rings. The highest BCUT2D eigenvalue weighted by Crippen LogP contribution is 2.55. The van der Waals surface area contributed by atoms with Crippen molar-refractivity contribution in [1.82, 2.24) is 10.6 Å². The molecule has 4 aromatic rings. The van der Waals surface area contributed by atoms with Crippen molar-refractivity contribution in [2.24, 2.45) is 11.8 Å². The predicted molar refractivity (Wildman–Crippen MR) is 161 cm³/mol. The molecule has 0 aromatic heterocycles. The Labute approximate surface area is 246 Å². The lowest BCUT2D eigenvalue weighted by Crippen LogP contribution is -2.60. The minimum Gasteiger partial charge on any atom is -0.496 e. The number of hydrogen-bond donors (Lipinski definition) is 2. The van der Waals surface area contributed by atoms with E-state index in [2.05, 4.69) is 10.6 Å². The van der Waals surface area contributed by atoms with Crippen LogP contribution in [0.5, 0.6) is 23.0 Å². The van der Waals surface area contributed by atoms with E-state index < -0.39 is 11.8 Å². The van der Waals surface area contributed by atoms with Crippen molar-refractivity contribution in [2.75, 3.05) is 28.4 Å². The van der Waals surface area contributed by atoms with Gasteiger partial charge in [-0.3, -0.25) is 4.79 Å². The van der Waals surface area contributed by atoms with Gasteiger partial charge < -0.3 is 29.6 Å². The van der Waals surface area contributed by atoms with E-state index in [9.17, 15) is 0 Å². The Bertz CT molecular complexity index is 1350. The van der Waals surface area contributed by atoms with E-state index in [0.29, 0.717) is 0 Å². The minimum absolute atomic E-state index is 0.158. The molecule has 7 heteroatoms. The number of benzene rings is 4. The summed E-state index contributed by atoms with van der Waals surface area (Å²) in [7, 11) is 6.66. The first-order chi connectivity index (χ1) is 20.6. The lowest BCUT2D eigenvalue weighted by Gasteiger charge is -2.53. The molecule has 2 bridgehead atoms. The van der Waals surface area contributed by atoms with Gasteiger partial charge in [0.1, 0.15) is 28.8 Å². The standard InChI is InChI=1S/C35H36N2O5/c1-39-25-17-9-5-13-21(25)31-29-32(22-14-6-10-18-26(22)40-2)37-34(24-16-8-12-20-28(24)42-4)30(35(29)38)33(36-31)23-15-7-11-19-27(23)41-3/h5-20,29-34,36-37H,1-4H3. The summed E-state index contributed by atoms with van der Waals surface area (Å²) in [6.07, 6.45) is 0. The Hall–Kier alpha value is -4.33. The fourth-order valence-corrected chi connectivity index (χ4v) is 6.89. The maximum Gasteiger partial charge on any atom is 0.146 e. The van der Waals surface area contributed by atoms with Gasteiger partial charge in [-0.05, 0) is 24.3 Å². The van der Waals surface area contributed by atoms with Crippen molar-refractivity contribution in [3.8, 4) is 23.0 Å². The quantitative estimate of drug-likeness (QED) is 0.272. The van der Waals surface area contributed by atoms with Gasteiger partial charge in [-0.15, -0.1) is 0 Å². The van der Waals surface area contributed by atoms with Crippen LogP contribution in [0.25, 0.3) is 0 Å². The van der Waals surface area contributed by atoms with Gasteiger partial charge in [-0.1, -0.05) is 72.8 Å². The number of nitrogens with one attached hydrogen (secondary N) is 2. The van der Waals surface area contributed by atoms with Crippen LogP contribution < -0.4 is 29.6 Å². The van der Waals surface area contributed by atoms with Crippen molar-refractivity contribution in [3.63, 3.8) is 0 Å². The van der Waals surface area contributed by atoms with E-state index >= 15 is 4.79 Å². The molecule has 2 aliphatic rings. The minimum atomic E-state index is -0.459. The van der Waals surface area contributed by atoms with E-state index in [1.54, 1.807) is 28.4 Å². The summed E-state index contributed by atoms with van der Waals surface area (Å²) in [6, 6.07) is 30.2. The number of ether oxygens (including phenoxy) is 4. The van der Waals surface area contributed by atoms with Gasteiger partial charge in [-0.2, -0.15) is 0 Å². The molecule has 4 atom stereocenters. The normalized spacial score (nSPS) is 25.0. The maximum absolute atomic E-state index is 15.1. The zero-order valence-corrected chi connectivity index (χ0v) is 24.2. The number of ketones is 1. The van der Waals surface area contributed by atoms with Gasteiger partial charge in [0, 0.05) is 46.4 Å². The van der Waals surface area contributed by atoms with Crippen LogP contribution in [0, 0.1) is 11.8 Å². The van der Waals surface area contributed by atoms with Crippen LogP contribution in [0.2, 0.25) is 0 Å². The number of carbonyl (C=O) groups is 1. The molecule has 0 radical (unpaired) electrons. The highest BCUT2D eigenvalue weighted by atomic mass is 16.5. The van der Waals surface area contributed by atoms with Gasteiger partial charge in [-0.25, -0.2) is 0 Å². The van der Waals surface area contributed by atoms with Crippen molar-refractivity contribution in [3.05, 3.63) is 119 Å². The molecule has 2 aliphatic heterocycles. The smallest absolute Gasteiger partial charge is 0.146 e. The highest BCUT2D eigenvalue weighted by Gasteiger charge is 2.56. The third-order valence-electron chi connectivity index (χ3n) is 8.71. The molecule has 0 spiro atoms. The number of fused-ring (bicyclic) bond motifs is 2. The number of piperidine rings is 2. The first kappa shape index (κ1) is 27.8. The van der Waals surface area contributed by atoms with Gasteiger partial charge in [0.05, 0.1) is 40.3 Å². The van der Waals surface area contributed by atoms with Crippen molar-refractivity contribution in [1.29, 1.82) is 0 Å². The van der Waals surface area contributed by atoms with Gasteiger partial charge in [0.15, 0.2) is 0 Å². The van der Waals surface area contributed by atoms with Gasteiger partial charge in [0.25, 0.3) is 0 Å². The third kappa shape index (κ3) is 4.68. The molecule has 0 aliphatic carbocycles. The average molecular weight is 565 g/mol. The highest BCUT2D eigenvalue weighted by molar-refractivity contribution is 5.89. The lowest BCUT2D eigenvalue weighted by atomic mass is 9.63. The van der Waals surface area contributed by atoms with Crippen LogP contribution >= 0.6 is 0 Å².